The summed E-state index contributed by atoms with van der Waals surface area (Å²) < 4.78 is 5.07. The molecule has 0 spiro atoms. The van der Waals surface area contributed by atoms with Crippen LogP contribution in [0.5, 0.6) is 5.75 Å². The minimum atomic E-state index is -0.133. The first-order valence-electron chi connectivity index (χ1n) is 3.14. The van der Waals surface area contributed by atoms with Crippen LogP contribution in [0.15, 0.2) is 23.1 Å². The van der Waals surface area contributed by atoms with Crippen molar-refractivity contribution in [2.24, 2.45) is 0 Å². The predicted octanol–water partition coefficient (Wildman–Crippen LogP) is 0.774. The van der Waals surface area contributed by atoms with Gasteiger partial charge in [-0.2, -0.15) is 0 Å². The van der Waals surface area contributed by atoms with Crippen LogP contribution >= 0.6 is 0 Å². The number of hydrogen-bond acceptors (Lipinski definition) is 2. The number of aromatic nitrogens is 1. The van der Waals surface area contributed by atoms with Crippen LogP contribution in [0.4, 0.5) is 0 Å². The maximum Gasteiger partial charge on any atom is 0.251 e. The van der Waals surface area contributed by atoms with E-state index in [2.05, 4.69) is 4.98 Å². The number of hydrogen-bond donors (Lipinski definition) is 1. The fraction of sp³-hybridized carbons (Fsp3) is 0.286. The molecule has 0 radical (unpaired) electrons. The molecule has 1 rings (SSSR count). The SMILES string of the molecule is CCOc1cc[nH]c(=O)c1. The zero-order valence-electron chi connectivity index (χ0n) is 5.76. The van der Waals surface area contributed by atoms with Crippen LogP contribution in [0.3, 0.4) is 0 Å². The molecule has 1 aromatic rings. The van der Waals surface area contributed by atoms with Crippen LogP contribution in [-0.4, -0.2) is 11.6 Å². The summed E-state index contributed by atoms with van der Waals surface area (Å²) in [6.45, 7) is 2.46. The van der Waals surface area contributed by atoms with Gasteiger partial charge < -0.3 is 9.72 Å². The van der Waals surface area contributed by atoms with Crippen LogP contribution in [0.1, 0.15) is 6.92 Å². The van der Waals surface area contributed by atoms with Crippen LogP contribution in [0.25, 0.3) is 0 Å². The molecule has 0 fully saturated rings. The van der Waals surface area contributed by atoms with Crippen LogP contribution in [0, 0.1) is 0 Å². The Labute approximate surface area is 58.7 Å². The molecule has 0 aliphatic rings. The molecule has 1 heterocycles. The van der Waals surface area contributed by atoms with Gasteiger partial charge >= 0.3 is 0 Å². The standard InChI is InChI=1S/C7H9NO2/c1-2-10-6-3-4-8-7(9)5-6/h3-5H,2H2,1H3,(H,8,9). The van der Waals surface area contributed by atoms with Crippen molar-refractivity contribution in [1.29, 1.82) is 0 Å². The molecule has 0 saturated heterocycles. The second-order valence-electron chi connectivity index (χ2n) is 1.82. The molecule has 10 heavy (non-hydrogen) atoms. The lowest BCUT2D eigenvalue weighted by atomic mass is 10.4. The lowest BCUT2D eigenvalue weighted by molar-refractivity contribution is 0.339. The van der Waals surface area contributed by atoms with Gasteiger partial charge in [0.15, 0.2) is 0 Å². The highest BCUT2D eigenvalue weighted by Gasteiger charge is 1.89. The third-order valence-electron chi connectivity index (χ3n) is 1.06. The third kappa shape index (κ3) is 1.62. The van der Waals surface area contributed by atoms with Gasteiger partial charge in [-0.05, 0) is 13.0 Å². The molecule has 3 heteroatoms. The van der Waals surface area contributed by atoms with Crippen molar-refractivity contribution < 1.29 is 4.74 Å². The Morgan fingerprint density at radius 3 is 3.10 bits per heavy atom. The molecule has 0 aliphatic heterocycles. The highest BCUT2D eigenvalue weighted by molar-refractivity contribution is 5.16. The Kier molecular flexibility index (Phi) is 2.10. The van der Waals surface area contributed by atoms with Crippen molar-refractivity contribution in [2.75, 3.05) is 6.61 Å². The van der Waals surface area contributed by atoms with E-state index in [1.54, 1.807) is 12.3 Å². The molecule has 3 nitrogen and oxygen atoms in total. The average molecular weight is 139 g/mol. The molecular weight excluding hydrogens is 130 g/mol. The van der Waals surface area contributed by atoms with Crippen LogP contribution in [-0.2, 0) is 0 Å². The van der Waals surface area contributed by atoms with Gasteiger partial charge in [-0.25, -0.2) is 0 Å². The van der Waals surface area contributed by atoms with Gasteiger partial charge in [0.1, 0.15) is 5.75 Å². The zero-order valence-corrected chi connectivity index (χ0v) is 5.76. The van der Waals surface area contributed by atoms with Crippen molar-refractivity contribution >= 4 is 0 Å². The average Bonchev–Trinajstić information content (AvgIpc) is 1.88. The van der Waals surface area contributed by atoms with E-state index >= 15 is 0 Å². The van der Waals surface area contributed by atoms with E-state index < -0.39 is 0 Å². The minimum Gasteiger partial charge on any atom is -0.494 e. The van der Waals surface area contributed by atoms with Crippen molar-refractivity contribution in [3.8, 4) is 5.75 Å². The topological polar surface area (TPSA) is 42.1 Å². The van der Waals surface area contributed by atoms with E-state index in [1.165, 1.54) is 6.07 Å². The number of H-pyrrole nitrogens is 1. The lowest BCUT2D eigenvalue weighted by Gasteiger charge is -1.98. The molecule has 1 aromatic heterocycles. The second-order valence-corrected chi connectivity index (χ2v) is 1.82. The van der Waals surface area contributed by atoms with E-state index in [-0.39, 0.29) is 5.56 Å². The van der Waals surface area contributed by atoms with Gasteiger partial charge in [0, 0.05) is 12.3 Å². The number of ether oxygens (including phenoxy) is 1. The Hall–Kier alpha value is -1.25. The predicted molar refractivity (Wildman–Crippen MR) is 38.2 cm³/mol. The number of pyridine rings is 1. The normalized spacial score (nSPS) is 9.30. The highest BCUT2D eigenvalue weighted by Crippen LogP contribution is 2.02. The number of rotatable bonds is 2. The lowest BCUT2D eigenvalue weighted by Crippen LogP contribution is -2.03. The van der Waals surface area contributed by atoms with E-state index in [0.29, 0.717) is 12.4 Å². The molecule has 0 unspecified atom stereocenters. The van der Waals surface area contributed by atoms with Gasteiger partial charge in [0.05, 0.1) is 6.61 Å². The van der Waals surface area contributed by atoms with E-state index in [4.69, 9.17) is 4.74 Å². The highest BCUT2D eigenvalue weighted by atomic mass is 16.5. The fourth-order valence-electron chi connectivity index (χ4n) is 0.681. The molecule has 0 bridgehead atoms. The molecule has 0 amide bonds. The summed E-state index contributed by atoms with van der Waals surface area (Å²) >= 11 is 0. The summed E-state index contributed by atoms with van der Waals surface area (Å²) in [5.74, 6) is 0.617. The molecule has 1 N–H and O–H groups in total. The van der Waals surface area contributed by atoms with Crippen molar-refractivity contribution in [1.82, 2.24) is 4.98 Å². The van der Waals surface area contributed by atoms with Gasteiger partial charge in [-0.3, -0.25) is 4.79 Å². The van der Waals surface area contributed by atoms with Crippen molar-refractivity contribution in [3.63, 3.8) is 0 Å². The first kappa shape index (κ1) is 6.86. The Morgan fingerprint density at radius 1 is 1.70 bits per heavy atom. The largest absolute Gasteiger partial charge is 0.494 e. The first-order chi connectivity index (χ1) is 4.83. The monoisotopic (exact) mass is 139 g/mol. The maximum atomic E-state index is 10.6. The van der Waals surface area contributed by atoms with Gasteiger partial charge in [-0.1, -0.05) is 0 Å². The number of aromatic amines is 1. The summed E-state index contributed by atoms with van der Waals surface area (Å²) in [7, 11) is 0. The quantitative estimate of drug-likeness (QED) is 0.657. The molecule has 54 valence electrons. The smallest absolute Gasteiger partial charge is 0.251 e. The number of nitrogens with one attached hydrogen (secondary N) is 1. The van der Waals surface area contributed by atoms with Crippen LogP contribution < -0.4 is 10.3 Å². The van der Waals surface area contributed by atoms with Gasteiger partial charge in [0.2, 0.25) is 0 Å². The fourth-order valence-corrected chi connectivity index (χ4v) is 0.681. The summed E-state index contributed by atoms with van der Waals surface area (Å²) in [5, 5.41) is 0. The molecule has 0 atom stereocenters. The molecule has 0 aromatic carbocycles. The van der Waals surface area contributed by atoms with Crippen molar-refractivity contribution in [2.45, 2.75) is 6.92 Å². The maximum absolute atomic E-state index is 10.6. The summed E-state index contributed by atoms with van der Waals surface area (Å²) in [4.78, 5) is 13.1. The molecule has 0 aliphatic carbocycles. The van der Waals surface area contributed by atoms with E-state index in [9.17, 15) is 4.79 Å². The van der Waals surface area contributed by atoms with Crippen LogP contribution in [0.2, 0.25) is 0 Å². The van der Waals surface area contributed by atoms with Gasteiger partial charge in [0.25, 0.3) is 5.56 Å². The van der Waals surface area contributed by atoms with E-state index in [0.717, 1.165) is 0 Å². The minimum absolute atomic E-state index is 0.133. The Bertz CT molecular complexity index is 254. The molecule has 0 saturated carbocycles. The Balaban J connectivity index is 2.85. The van der Waals surface area contributed by atoms with E-state index in [1.807, 2.05) is 6.92 Å². The third-order valence-corrected chi connectivity index (χ3v) is 1.06. The second kappa shape index (κ2) is 3.06. The Morgan fingerprint density at radius 2 is 2.50 bits per heavy atom. The first-order valence-corrected chi connectivity index (χ1v) is 3.14. The summed E-state index contributed by atoms with van der Waals surface area (Å²) in [6, 6.07) is 3.13. The van der Waals surface area contributed by atoms with Gasteiger partial charge in [-0.15, -0.1) is 0 Å². The molecular formula is C7H9NO2. The summed E-state index contributed by atoms with van der Waals surface area (Å²) in [5.41, 5.74) is -0.133. The zero-order chi connectivity index (χ0) is 7.40. The summed E-state index contributed by atoms with van der Waals surface area (Å²) in [6.07, 6.45) is 1.56. The van der Waals surface area contributed by atoms with Crippen molar-refractivity contribution in [3.05, 3.63) is 28.7 Å².